The van der Waals surface area contributed by atoms with Gasteiger partial charge in [0, 0.05) is 50.0 Å². The van der Waals surface area contributed by atoms with Gasteiger partial charge in [0.05, 0.1) is 36.7 Å². The lowest BCUT2D eigenvalue weighted by Crippen LogP contribution is -2.60. The van der Waals surface area contributed by atoms with Gasteiger partial charge in [-0.3, -0.25) is 39.2 Å². The number of halogens is 6. The van der Waals surface area contributed by atoms with Gasteiger partial charge in [0.1, 0.15) is 23.7 Å². The minimum Gasteiger partial charge on any atom is -0.377 e. The van der Waals surface area contributed by atoms with Gasteiger partial charge in [-0.25, -0.2) is 4.98 Å². The van der Waals surface area contributed by atoms with Crippen molar-refractivity contribution < 1.29 is 50.3 Å². The van der Waals surface area contributed by atoms with E-state index in [9.17, 15) is 45.5 Å². The molecule has 3 saturated heterocycles. The molecule has 0 spiro atoms. The zero-order chi connectivity index (χ0) is 42.9. The van der Waals surface area contributed by atoms with Crippen LogP contribution in [0.4, 0.5) is 43.4 Å². The van der Waals surface area contributed by atoms with E-state index in [4.69, 9.17) is 22.2 Å². The van der Waals surface area contributed by atoms with Gasteiger partial charge in [0.25, 0.3) is 5.91 Å². The lowest BCUT2D eigenvalue weighted by Gasteiger charge is -2.42. The first-order valence-corrected chi connectivity index (χ1v) is 19.5. The molecule has 318 valence electrons. The molecule has 4 fully saturated rings. The highest BCUT2D eigenvalue weighted by Gasteiger charge is 2.53. The van der Waals surface area contributed by atoms with E-state index in [1.165, 1.54) is 6.07 Å². The molecule has 4 aliphatic rings. The van der Waals surface area contributed by atoms with Crippen LogP contribution in [0, 0.1) is 11.3 Å². The molecule has 0 bridgehead atoms. The summed E-state index contributed by atoms with van der Waals surface area (Å²) in [6.45, 7) is 3.06. The van der Waals surface area contributed by atoms with Crippen LogP contribution in [-0.4, -0.2) is 124 Å². The lowest BCUT2D eigenvalue weighted by molar-refractivity contribution is -0.197. The lowest BCUT2D eigenvalue weighted by atomic mass is 9.89. The van der Waals surface area contributed by atoms with Crippen molar-refractivity contribution in [3.8, 4) is 6.07 Å². The fourth-order valence-electron chi connectivity index (χ4n) is 8.03. The maximum atomic E-state index is 14.3. The van der Waals surface area contributed by atoms with Crippen LogP contribution in [0.25, 0.3) is 0 Å². The van der Waals surface area contributed by atoms with Gasteiger partial charge in [-0.1, -0.05) is 6.07 Å². The first-order valence-electron chi connectivity index (χ1n) is 19.1. The second-order valence-electron chi connectivity index (χ2n) is 15.5. The van der Waals surface area contributed by atoms with E-state index in [1.807, 2.05) is 0 Å². The summed E-state index contributed by atoms with van der Waals surface area (Å²) >= 11 is 5.65. The van der Waals surface area contributed by atoms with E-state index < -0.39 is 65.5 Å². The molecule has 14 nitrogen and oxygen atoms in total. The number of hydrogen-bond donors (Lipinski definition) is 3. The summed E-state index contributed by atoms with van der Waals surface area (Å²) < 4.78 is 90.0. The van der Waals surface area contributed by atoms with Crippen LogP contribution >= 0.6 is 12.2 Å². The average molecular weight is 852 g/mol. The summed E-state index contributed by atoms with van der Waals surface area (Å²) in [6.07, 6.45) is -6.05. The number of hydrogen-bond acceptors (Lipinski definition) is 11. The number of aromatic nitrogens is 1. The maximum absolute atomic E-state index is 14.3. The molecular weight excluding hydrogens is 809 g/mol. The summed E-state index contributed by atoms with van der Waals surface area (Å²) in [5, 5.41) is 17.0. The summed E-state index contributed by atoms with van der Waals surface area (Å²) in [7, 11) is 0. The summed E-state index contributed by atoms with van der Waals surface area (Å²) in [4.78, 5) is 59.2. The predicted octanol–water partition coefficient (Wildman–Crippen LogP) is 4.42. The second-order valence-corrected chi connectivity index (χ2v) is 15.8. The Bertz CT molecular complexity index is 2000. The first kappa shape index (κ1) is 43.7. The number of nitrogens with one attached hydrogen (secondary N) is 3. The third kappa shape index (κ3) is 9.94. The van der Waals surface area contributed by atoms with Gasteiger partial charge < -0.3 is 20.3 Å². The molecule has 2 atom stereocenters. The number of thiocarbonyl (C=S) groups is 1. The molecule has 4 heterocycles. The van der Waals surface area contributed by atoms with Gasteiger partial charge in [-0.15, -0.1) is 0 Å². The Kier molecular flexibility index (Phi) is 12.8. The zero-order valence-corrected chi connectivity index (χ0v) is 33.0. The number of anilines is 3. The molecular formula is C38H43F6N9O5S. The van der Waals surface area contributed by atoms with Crippen LogP contribution < -0.4 is 20.9 Å². The highest BCUT2D eigenvalue weighted by molar-refractivity contribution is 7.80. The van der Waals surface area contributed by atoms with Gasteiger partial charge in [0.15, 0.2) is 10.8 Å². The topological polar surface area (TPSA) is 163 Å². The number of nitriles is 1. The first-order chi connectivity index (χ1) is 27.8. The molecule has 1 aromatic carbocycles. The van der Waals surface area contributed by atoms with E-state index in [1.54, 1.807) is 47.9 Å². The minimum absolute atomic E-state index is 0.0167. The number of piperazine rings is 1. The van der Waals surface area contributed by atoms with Gasteiger partial charge in [0.2, 0.25) is 17.7 Å². The Morgan fingerprint density at radius 1 is 1.05 bits per heavy atom. The second kappa shape index (κ2) is 17.4. The number of benzene rings is 1. The molecule has 59 heavy (non-hydrogen) atoms. The normalized spacial score (nSPS) is 24.5. The third-order valence-corrected chi connectivity index (χ3v) is 11.4. The summed E-state index contributed by atoms with van der Waals surface area (Å²) in [5.74, 6) is -2.00. The number of carbonyl (C=O) groups excluding carboxylic acids is 4. The fourth-order valence-corrected chi connectivity index (χ4v) is 8.60. The van der Waals surface area contributed by atoms with Crippen molar-refractivity contribution in [2.45, 2.75) is 94.5 Å². The van der Waals surface area contributed by atoms with Crippen molar-refractivity contribution in [3.63, 3.8) is 0 Å². The summed E-state index contributed by atoms with van der Waals surface area (Å²) in [5.41, 5.74) is -2.67. The van der Waals surface area contributed by atoms with Crippen molar-refractivity contribution in [3.05, 3.63) is 47.8 Å². The van der Waals surface area contributed by atoms with E-state index >= 15 is 0 Å². The van der Waals surface area contributed by atoms with Gasteiger partial charge in [-0.05, 0) is 82.4 Å². The quantitative estimate of drug-likeness (QED) is 0.166. The largest absolute Gasteiger partial charge is 0.419 e. The number of pyridine rings is 1. The number of alkyl halides is 6. The van der Waals surface area contributed by atoms with Crippen LogP contribution in [0.1, 0.15) is 63.6 Å². The monoisotopic (exact) mass is 851 g/mol. The standard InChI is InChI=1S/C38H43F6N9O5S/c1-36(2)34(57)52(25-17-27(37(39,40)41)29(18-45)46-19-25)35(59)53(36)24-6-8-26(9-7-24)58-15-14-50-12-13-51(30(20-50)38(42,43)44)21-32(55)48-23-5-3-4-22(16-23)47-28-10-11-31(54)49-33(28)56/h3-5,16-17,19,24,26,28,30,47H,6-15,20-21H2,1-2H3,(H,48,55)(H,49,54,56)/t24-,26-,28?,30?. The Morgan fingerprint density at radius 3 is 2.42 bits per heavy atom. The molecule has 0 radical (unpaired) electrons. The van der Waals surface area contributed by atoms with Crippen LogP contribution in [0.5, 0.6) is 0 Å². The number of nitrogens with zero attached hydrogens (tertiary/aromatic N) is 6. The number of ether oxygens (including phenoxy) is 1. The molecule has 4 amide bonds. The van der Waals surface area contributed by atoms with Crippen LogP contribution in [0.15, 0.2) is 36.5 Å². The molecule has 2 aromatic rings. The van der Waals surface area contributed by atoms with E-state index in [-0.39, 0.29) is 68.1 Å². The zero-order valence-electron chi connectivity index (χ0n) is 32.2. The van der Waals surface area contributed by atoms with Crippen LogP contribution in [-0.2, 0) is 30.1 Å². The molecule has 21 heteroatoms. The Balaban J connectivity index is 0.971. The molecule has 1 saturated carbocycles. The predicted molar refractivity (Wildman–Crippen MR) is 205 cm³/mol. The van der Waals surface area contributed by atoms with E-state index in [0.717, 1.165) is 16.0 Å². The number of imide groups is 1. The van der Waals surface area contributed by atoms with Crippen molar-refractivity contribution in [2.24, 2.45) is 0 Å². The van der Waals surface area contributed by atoms with Crippen LogP contribution in [0.3, 0.4) is 0 Å². The number of piperidine rings is 1. The van der Waals surface area contributed by atoms with E-state index in [2.05, 4.69) is 20.9 Å². The highest BCUT2D eigenvalue weighted by atomic mass is 32.1. The van der Waals surface area contributed by atoms with Gasteiger partial charge in [-0.2, -0.15) is 31.6 Å². The fraction of sp³-hybridized carbons (Fsp3) is 0.553. The Hall–Kier alpha value is -4.91. The summed E-state index contributed by atoms with van der Waals surface area (Å²) in [6, 6.07) is 5.74. The molecule has 3 aliphatic heterocycles. The SMILES string of the molecule is CC1(C)C(=O)N(c2cnc(C#N)c(C(F)(F)F)c2)C(=S)N1[C@H]1CC[C@H](OCCN2CCN(CC(=O)Nc3cccc(NC4CCC(=O)NC4=O)c3)C(C(F)(F)F)C2)CC1. The highest BCUT2D eigenvalue weighted by Crippen LogP contribution is 2.40. The molecule has 6 rings (SSSR count). The Morgan fingerprint density at radius 2 is 1.76 bits per heavy atom. The molecule has 2 unspecified atom stereocenters. The number of rotatable bonds is 11. The van der Waals surface area contributed by atoms with E-state index in [0.29, 0.717) is 49.5 Å². The van der Waals surface area contributed by atoms with Crippen molar-refractivity contribution in [2.75, 3.05) is 54.9 Å². The van der Waals surface area contributed by atoms with Crippen molar-refractivity contribution >= 4 is 58.0 Å². The molecule has 1 aromatic heterocycles. The molecule has 1 aliphatic carbocycles. The maximum Gasteiger partial charge on any atom is 0.419 e. The van der Waals surface area contributed by atoms with Crippen LogP contribution in [0.2, 0.25) is 0 Å². The van der Waals surface area contributed by atoms with Gasteiger partial charge >= 0.3 is 12.4 Å². The van der Waals surface area contributed by atoms with Crippen molar-refractivity contribution in [1.29, 1.82) is 5.26 Å². The van der Waals surface area contributed by atoms with Crippen molar-refractivity contribution in [1.82, 2.24) is 25.0 Å². The smallest absolute Gasteiger partial charge is 0.377 e. The number of carbonyl (C=O) groups is 4. The minimum atomic E-state index is -4.88. The third-order valence-electron chi connectivity index (χ3n) is 11.1. The molecule has 3 N–H and O–H groups in total. The number of amides is 4. The average Bonchev–Trinajstić information content (AvgIpc) is 3.34. The Labute approximate surface area is 341 Å².